The molecule has 0 saturated carbocycles. The lowest BCUT2D eigenvalue weighted by molar-refractivity contribution is 0.444. The van der Waals surface area contributed by atoms with Gasteiger partial charge in [-0.3, -0.25) is 0 Å². The van der Waals surface area contributed by atoms with Crippen LogP contribution in [0.25, 0.3) is 0 Å². The van der Waals surface area contributed by atoms with Crippen LogP contribution in [0.3, 0.4) is 0 Å². The standard InChI is InChI=1S/C12H18O2/c1-4-6-10-9(5-2)11(13)7-8(3)12(10)14/h7,13-14H,4-6H2,1-3H3. The largest absolute Gasteiger partial charge is 0.508 e. The fraction of sp³-hybridized carbons (Fsp3) is 0.500. The quantitative estimate of drug-likeness (QED) is 0.726. The van der Waals surface area contributed by atoms with Gasteiger partial charge in [0.2, 0.25) is 0 Å². The van der Waals surface area contributed by atoms with Crippen LogP contribution in [0.2, 0.25) is 0 Å². The average Bonchev–Trinajstić information content (AvgIpc) is 2.14. The molecule has 0 amide bonds. The number of aromatic hydroxyl groups is 2. The highest BCUT2D eigenvalue weighted by Gasteiger charge is 2.12. The summed E-state index contributed by atoms with van der Waals surface area (Å²) in [6.07, 6.45) is 2.56. The van der Waals surface area contributed by atoms with Crippen LogP contribution in [0.15, 0.2) is 6.07 Å². The molecule has 1 aromatic carbocycles. The molecule has 0 spiro atoms. The minimum atomic E-state index is 0.311. The molecular formula is C12H18O2. The first-order valence-electron chi connectivity index (χ1n) is 5.15. The number of hydrogen-bond donors (Lipinski definition) is 2. The lowest BCUT2D eigenvalue weighted by atomic mass is 9.96. The Morgan fingerprint density at radius 2 is 1.79 bits per heavy atom. The van der Waals surface area contributed by atoms with Crippen molar-refractivity contribution >= 4 is 0 Å². The summed E-state index contributed by atoms with van der Waals surface area (Å²) in [5.74, 6) is 0.660. The summed E-state index contributed by atoms with van der Waals surface area (Å²) in [7, 11) is 0. The van der Waals surface area contributed by atoms with Crippen LogP contribution in [-0.2, 0) is 12.8 Å². The van der Waals surface area contributed by atoms with E-state index in [2.05, 4.69) is 6.92 Å². The van der Waals surface area contributed by atoms with E-state index in [-0.39, 0.29) is 0 Å². The van der Waals surface area contributed by atoms with Crippen LogP contribution in [0.1, 0.15) is 37.0 Å². The molecule has 0 aromatic heterocycles. The molecule has 0 saturated heterocycles. The van der Waals surface area contributed by atoms with Gasteiger partial charge < -0.3 is 10.2 Å². The fourth-order valence-electron chi connectivity index (χ4n) is 1.81. The number of hydrogen-bond acceptors (Lipinski definition) is 2. The van der Waals surface area contributed by atoms with Crippen molar-refractivity contribution in [3.63, 3.8) is 0 Å². The maximum atomic E-state index is 9.85. The van der Waals surface area contributed by atoms with Crippen molar-refractivity contribution < 1.29 is 10.2 Å². The smallest absolute Gasteiger partial charge is 0.122 e. The molecule has 0 unspecified atom stereocenters. The summed E-state index contributed by atoms with van der Waals surface area (Å²) in [5, 5.41) is 19.6. The lowest BCUT2D eigenvalue weighted by Crippen LogP contribution is -1.96. The summed E-state index contributed by atoms with van der Waals surface area (Å²) in [4.78, 5) is 0. The van der Waals surface area contributed by atoms with Gasteiger partial charge in [0.1, 0.15) is 11.5 Å². The highest BCUT2D eigenvalue weighted by molar-refractivity contribution is 5.52. The third-order valence-corrected chi connectivity index (χ3v) is 2.54. The molecule has 0 heterocycles. The van der Waals surface area contributed by atoms with Crippen LogP contribution >= 0.6 is 0 Å². The second kappa shape index (κ2) is 4.36. The Balaban J connectivity index is 3.32. The van der Waals surface area contributed by atoms with E-state index in [0.29, 0.717) is 11.5 Å². The molecule has 14 heavy (non-hydrogen) atoms. The monoisotopic (exact) mass is 194 g/mol. The fourth-order valence-corrected chi connectivity index (χ4v) is 1.81. The minimum absolute atomic E-state index is 0.311. The van der Waals surface area contributed by atoms with Gasteiger partial charge in [-0.2, -0.15) is 0 Å². The molecule has 0 aliphatic carbocycles. The number of benzene rings is 1. The molecule has 0 fully saturated rings. The molecule has 2 nitrogen and oxygen atoms in total. The first-order valence-corrected chi connectivity index (χ1v) is 5.15. The average molecular weight is 194 g/mol. The van der Waals surface area contributed by atoms with Gasteiger partial charge >= 0.3 is 0 Å². The van der Waals surface area contributed by atoms with Crippen molar-refractivity contribution in [2.24, 2.45) is 0 Å². The van der Waals surface area contributed by atoms with Crippen molar-refractivity contribution in [3.8, 4) is 11.5 Å². The summed E-state index contributed by atoms with van der Waals surface area (Å²) >= 11 is 0. The molecule has 0 aliphatic rings. The van der Waals surface area contributed by atoms with Gasteiger partial charge in [-0.25, -0.2) is 0 Å². The van der Waals surface area contributed by atoms with E-state index in [9.17, 15) is 10.2 Å². The van der Waals surface area contributed by atoms with E-state index in [0.717, 1.165) is 36.0 Å². The number of phenolic OH excluding ortho intramolecular Hbond substituents is 2. The molecule has 1 aromatic rings. The highest BCUT2D eigenvalue weighted by Crippen LogP contribution is 2.33. The summed E-state index contributed by atoms with van der Waals surface area (Å²) < 4.78 is 0. The van der Waals surface area contributed by atoms with E-state index >= 15 is 0 Å². The molecule has 0 aliphatic heterocycles. The Labute approximate surface area is 85.2 Å². The molecule has 0 bridgehead atoms. The Hall–Kier alpha value is -1.18. The van der Waals surface area contributed by atoms with Gasteiger partial charge in [-0.15, -0.1) is 0 Å². The van der Waals surface area contributed by atoms with Crippen molar-refractivity contribution in [1.82, 2.24) is 0 Å². The third kappa shape index (κ3) is 1.84. The maximum absolute atomic E-state index is 9.85. The zero-order valence-electron chi connectivity index (χ0n) is 9.09. The molecule has 78 valence electrons. The Morgan fingerprint density at radius 3 is 2.29 bits per heavy atom. The van der Waals surface area contributed by atoms with Gasteiger partial charge in [-0.1, -0.05) is 20.3 Å². The van der Waals surface area contributed by atoms with Gasteiger partial charge in [0.05, 0.1) is 0 Å². The predicted molar refractivity (Wildman–Crippen MR) is 57.9 cm³/mol. The Kier molecular flexibility index (Phi) is 3.39. The van der Waals surface area contributed by atoms with Gasteiger partial charge in [0, 0.05) is 11.1 Å². The van der Waals surface area contributed by atoms with Crippen LogP contribution in [-0.4, -0.2) is 10.2 Å². The predicted octanol–water partition coefficient (Wildman–Crippen LogP) is 2.92. The third-order valence-electron chi connectivity index (χ3n) is 2.54. The van der Waals surface area contributed by atoms with E-state index in [4.69, 9.17) is 0 Å². The van der Waals surface area contributed by atoms with Crippen LogP contribution in [0.5, 0.6) is 11.5 Å². The van der Waals surface area contributed by atoms with Crippen LogP contribution in [0, 0.1) is 6.92 Å². The van der Waals surface area contributed by atoms with E-state index in [1.165, 1.54) is 0 Å². The number of phenols is 2. The molecule has 2 N–H and O–H groups in total. The number of aryl methyl sites for hydroxylation is 1. The maximum Gasteiger partial charge on any atom is 0.122 e. The topological polar surface area (TPSA) is 40.5 Å². The van der Waals surface area contributed by atoms with Gasteiger partial charge in [-0.05, 0) is 31.4 Å². The lowest BCUT2D eigenvalue weighted by Gasteiger charge is -2.13. The van der Waals surface area contributed by atoms with Gasteiger partial charge in [0.15, 0.2) is 0 Å². The first-order chi connectivity index (χ1) is 6.61. The SMILES string of the molecule is CCCc1c(O)c(C)cc(O)c1CC. The molecular weight excluding hydrogens is 176 g/mol. The van der Waals surface area contributed by atoms with Crippen molar-refractivity contribution in [2.75, 3.05) is 0 Å². The highest BCUT2D eigenvalue weighted by atomic mass is 16.3. The first kappa shape index (κ1) is 10.9. The van der Waals surface area contributed by atoms with Crippen LogP contribution in [0.4, 0.5) is 0 Å². The van der Waals surface area contributed by atoms with E-state index in [1.54, 1.807) is 6.07 Å². The zero-order valence-corrected chi connectivity index (χ0v) is 9.09. The summed E-state index contributed by atoms with van der Waals surface area (Å²) in [6.45, 7) is 5.87. The van der Waals surface area contributed by atoms with E-state index < -0.39 is 0 Å². The second-order valence-corrected chi connectivity index (χ2v) is 3.62. The van der Waals surface area contributed by atoms with Gasteiger partial charge in [0.25, 0.3) is 0 Å². The zero-order chi connectivity index (χ0) is 10.7. The Morgan fingerprint density at radius 1 is 1.14 bits per heavy atom. The van der Waals surface area contributed by atoms with Crippen molar-refractivity contribution in [2.45, 2.75) is 40.0 Å². The van der Waals surface area contributed by atoms with Crippen LogP contribution < -0.4 is 0 Å². The Bertz CT molecular complexity index is 330. The van der Waals surface area contributed by atoms with E-state index in [1.807, 2.05) is 13.8 Å². The minimum Gasteiger partial charge on any atom is -0.508 e. The van der Waals surface area contributed by atoms with Crippen molar-refractivity contribution in [1.29, 1.82) is 0 Å². The molecule has 1 rings (SSSR count). The normalized spacial score (nSPS) is 10.5. The summed E-state index contributed by atoms with van der Waals surface area (Å²) in [6, 6.07) is 1.63. The molecule has 0 radical (unpaired) electrons. The van der Waals surface area contributed by atoms with Crippen molar-refractivity contribution in [3.05, 3.63) is 22.8 Å². The molecule has 2 heteroatoms. The summed E-state index contributed by atoms with van der Waals surface area (Å²) in [5.41, 5.74) is 2.55. The number of rotatable bonds is 3. The second-order valence-electron chi connectivity index (χ2n) is 3.62. The molecule has 0 atom stereocenters.